The molecule has 6 nitrogen and oxygen atoms in total. The predicted molar refractivity (Wildman–Crippen MR) is 109 cm³/mol. The summed E-state index contributed by atoms with van der Waals surface area (Å²) >= 11 is 6.08. The molecule has 2 heterocycles. The van der Waals surface area contributed by atoms with Gasteiger partial charge in [-0.25, -0.2) is 13.6 Å². The van der Waals surface area contributed by atoms with E-state index in [1.807, 2.05) is 30.3 Å². The van der Waals surface area contributed by atoms with E-state index in [4.69, 9.17) is 16.7 Å². The molecule has 1 aromatic heterocycles. The average molecular weight is 403 g/mol. The second-order valence-electron chi connectivity index (χ2n) is 6.48. The lowest BCUT2D eigenvalue weighted by Gasteiger charge is -2.38. The zero-order chi connectivity index (χ0) is 19.0. The molecular weight excluding hydrogens is 384 g/mol. The van der Waals surface area contributed by atoms with E-state index in [1.54, 1.807) is 24.4 Å². The van der Waals surface area contributed by atoms with Crippen LogP contribution in [0.15, 0.2) is 59.6 Å². The van der Waals surface area contributed by atoms with E-state index >= 15 is 0 Å². The molecule has 1 aliphatic heterocycles. The van der Waals surface area contributed by atoms with Crippen LogP contribution in [0, 0.1) is 0 Å². The summed E-state index contributed by atoms with van der Waals surface area (Å²) in [5.41, 5.74) is 2.63. The molecule has 0 amide bonds. The normalized spacial score (nSPS) is 15.3. The van der Waals surface area contributed by atoms with Gasteiger partial charge in [-0.15, -0.1) is 0 Å². The highest BCUT2D eigenvalue weighted by atomic mass is 35.5. The van der Waals surface area contributed by atoms with Crippen LogP contribution in [0.5, 0.6) is 0 Å². The lowest BCUT2D eigenvalue weighted by molar-refractivity contribution is 0.595. The number of halogens is 1. The summed E-state index contributed by atoms with van der Waals surface area (Å²) in [5, 5.41) is 7.09. The fourth-order valence-electron chi connectivity index (χ4n) is 3.53. The van der Waals surface area contributed by atoms with Gasteiger partial charge in [0.05, 0.1) is 11.2 Å². The number of pyridine rings is 1. The number of para-hydroxylation sites is 1. The number of anilines is 2. The molecule has 2 aromatic carbocycles. The van der Waals surface area contributed by atoms with Crippen LogP contribution in [0.3, 0.4) is 0 Å². The number of hydrogen-bond donors (Lipinski definition) is 1. The van der Waals surface area contributed by atoms with Crippen LogP contribution < -0.4 is 14.9 Å². The highest BCUT2D eigenvalue weighted by Crippen LogP contribution is 2.30. The third kappa shape index (κ3) is 3.58. The fourth-order valence-corrected chi connectivity index (χ4v) is 4.45. The lowest BCUT2D eigenvalue weighted by atomic mass is 10.1. The summed E-state index contributed by atoms with van der Waals surface area (Å²) in [6.45, 7) is 2.93. The molecule has 0 spiro atoms. The number of nitrogens with two attached hydrogens (primary N) is 1. The largest absolute Gasteiger partial charge is 0.367 e. The molecule has 0 bridgehead atoms. The second kappa shape index (κ2) is 6.99. The molecule has 0 saturated carbocycles. The molecule has 0 aliphatic carbocycles. The fraction of sp³-hybridized carbons (Fsp3) is 0.211. The molecule has 2 N–H and O–H groups in total. The molecule has 27 heavy (non-hydrogen) atoms. The van der Waals surface area contributed by atoms with Crippen molar-refractivity contribution in [1.82, 2.24) is 4.98 Å². The first-order valence-corrected chi connectivity index (χ1v) is 10.5. The maximum absolute atomic E-state index is 11.9. The summed E-state index contributed by atoms with van der Waals surface area (Å²) in [4.78, 5) is 8.92. The van der Waals surface area contributed by atoms with Crippen LogP contribution in [0.2, 0.25) is 5.02 Å². The number of rotatable bonds is 3. The summed E-state index contributed by atoms with van der Waals surface area (Å²) in [6, 6.07) is 14.6. The predicted octanol–water partition coefficient (Wildman–Crippen LogP) is 2.86. The molecule has 0 atom stereocenters. The molecule has 4 rings (SSSR count). The Bertz CT molecular complexity index is 1100. The third-order valence-corrected chi connectivity index (χ3v) is 6.01. The average Bonchev–Trinajstić information content (AvgIpc) is 2.67. The van der Waals surface area contributed by atoms with Crippen molar-refractivity contribution in [2.24, 2.45) is 5.14 Å². The zero-order valence-electron chi connectivity index (χ0n) is 14.5. The maximum atomic E-state index is 11.9. The number of nitrogens with zero attached hydrogens (tertiary/aromatic N) is 3. The number of hydrogen-bond acceptors (Lipinski definition) is 5. The van der Waals surface area contributed by atoms with E-state index in [9.17, 15) is 8.42 Å². The molecular formula is C19H19ClN4O2S. The van der Waals surface area contributed by atoms with Gasteiger partial charge in [0.2, 0.25) is 10.0 Å². The molecule has 8 heteroatoms. The molecule has 3 aromatic rings. The van der Waals surface area contributed by atoms with Gasteiger partial charge in [-0.3, -0.25) is 4.98 Å². The van der Waals surface area contributed by atoms with Crippen molar-refractivity contribution in [3.05, 3.63) is 59.8 Å². The Balaban J connectivity index is 1.59. The van der Waals surface area contributed by atoms with Crippen LogP contribution in [0.25, 0.3) is 10.9 Å². The van der Waals surface area contributed by atoms with Crippen molar-refractivity contribution in [1.29, 1.82) is 0 Å². The van der Waals surface area contributed by atoms with Crippen molar-refractivity contribution >= 4 is 43.9 Å². The van der Waals surface area contributed by atoms with Gasteiger partial charge in [-0.05, 0) is 36.4 Å². The molecule has 1 aliphatic rings. The monoisotopic (exact) mass is 402 g/mol. The van der Waals surface area contributed by atoms with Crippen LogP contribution in [-0.4, -0.2) is 39.6 Å². The number of piperazine rings is 1. The van der Waals surface area contributed by atoms with Crippen molar-refractivity contribution in [2.75, 3.05) is 36.0 Å². The quantitative estimate of drug-likeness (QED) is 0.728. The SMILES string of the molecule is NS(=O)(=O)c1ccccc1N1CCN(c2ccnc3cc(Cl)ccc23)CC1. The van der Waals surface area contributed by atoms with E-state index in [0.29, 0.717) is 23.8 Å². The summed E-state index contributed by atoms with van der Waals surface area (Å²) in [6.07, 6.45) is 1.79. The van der Waals surface area contributed by atoms with Crippen LogP contribution in [0.1, 0.15) is 0 Å². The number of aromatic nitrogens is 1. The lowest BCUT2D eigenvalue weighted by Crippen LogP contribution is -2.47. The Kier molecular flexibility index (Phi) is 4.67. The van der Waals surface area contributed by atoms with Crippen molar-refractivity contribution in [2.45, 2.75) is 4.90 Å². The van der Waals surface area contributed by atoms with E-state index in [0.717, 1.165) is 29.7 Å². The summed E-state index contributed by atoms with van der Waals surface area (Å²) in [7, 11) is -3.76. The van der Waals surface area contributed by atoms with Crippen LogP contribution in [0.4, 0.5) is 11.4 Å². The van der Waals surface area contributed by atoms with E-state index in [2.05, 4.69) is 14.8 Å². The Morgan fingerprint density at radius 2 is 1.59 bits per heavy atom. The highest BCUT2D eigenvalue weighted by molar-refractivity contribution is 7.89. The van der Waals surface area contributed by atoms with Crippen molar-refractivity contribution in [3.63, 3.8) is 0 Å². The molecule has 1 saturated heterocycles. The Hall–Kier alpha value is -2.35. The molecule has 0 unspecified atom stereocenters. The Labute approximate surface area is 163 Å². The van der Waals surface area contributed by atoms with E-state index < -0.39 is 10.0 Å². The van der Waals surface area contributed by atoms with Crippen molar-refractivity contribution < 1.29 is 8.42 Å². The standard InChI is InChI=1S/C19H19ClN4O2S/c20-14-5-6-15-16(13-14)22-8-7-17(15)23-9-11-24(12-10-23)18-3-1-2-4-19(18)27(21,25)26/h1-8,13H,9-12H2,(H2,21,25,26). The van der Waals surface area contributed by atoms with Crippen LogP contribution >= 0.6 is 11.6 Å². The zero-order valence-corrected chi connectivity index (χ0v) is 16.1. The van der Waals surface area contributed by atoms with Gasteiger partial charge >= 0.3 is 0 Å². The number of fused-ring (bicyclic) bond motifs is 1. The summed E-state index contributed by atoms with van der Waals surface area (Å²) < 4.78 is 23.8. The smallest absolute Gasteiger partial charge is 0.240 e. The topological polar surface area (TPSA) is 79.5 Å². The minimum Gasteiger partial charge on any atom is -0.367 e. The number of primary sulfonamides is 1. The van der Waals surface area contributed by atoms with Gasteiger partial charge in [0.1, 0.15) is 4.90 Å². The molecule has 1 fully saturated rings. The van der Waals surface area contributed by atoms with Crippen LogP contribution in [-0.2, 0) is 10.0 Å². The molecule has 0 radical (unpaired) electrons. The van der Waals surface area contributed by atoms with Gasteiger partial charge in [0.25, 0.3) is 0 Å². The third-order valence-electron chi connectivity index (χ3n) is 4.81. The van der Waals surface area contributed by atoms with Gasteiger partial charge < -0.3 is 9.80 Å². The number of benzene rings is 2. The highest BCUT2D eigenvalue weighted by Gasteiger charge is 2.23. The maximum Gasteiger partial charge on any atom is 0.240 e. The minimum absolute atomic E-state index is 0.169. The number of sulfonamides is 1. The van der Waals surface area contributed by atoms with Crippen molar-refractivity contribution in [3.8, 4) is 0 Å². The van der Waals surface area contributed by atoms with Gasteiger partial charge in [0.15, 0.2) is 0 Å². The second-order valence-corrected chi connectivity index (χ2v) is 8.44. The van der Waals surface area contributed by atoms with Gasteiger partial charge in [-0.2, -0.15) is 0 Å². The van der Waals surface area contributed by atoms with E-state index in [-0.39, 0.29) is 4.90 Å². The summed E-state index contributed by atoms with van der Waals surface area (Å²) in [5.74, 6) is 0. The first-order chi connectivity index (χ1) is 12.9. The first-order valence-electron chi connectivity index (χ1n) is 8.59. The Morgan fingerprint density at radius 3 is 2.30 bits per heavy atom. The van der Waals surface area contributed by atoms with E-state index in [1.165, 1.54) is 0 Å². The first kappa shape index (κ1) is 18.0. The van der Waals surface area contributed by atoms with Gasteiger partial charge in [-0.1, -0.05) is 23.7 Å². The Morgan fingerprint density at radius 1 is 0.926 bits per heavy atom. The molecule has 140 valence electrons. The minimum atomic E-state index is -3.76. The van der Waals surface area contributed by atoms with Gasteiger partial charge in [0, 0.05) is 48.5 Å².